The second-order valence-corrected chi connectivity index (χ2v) is 11.2. The van der Waals surface area contributed by atoms with E-state index in [9.17, 15) is 14.4 Å². The van der Waals surface area contributed by atoms with Crippen LogP contribution in [0.2, 0.25) is 0 Å². The summed E-state index contributed by atoms with van der Waals surface area (Å²) in [6.45, 7) is 4.54. The maximum absolute atomic E-state index is 13.3. The lowest BCUT2D eigenvalue weighted by atomic mass is 10.1. The molecule has 0 spiro atoms. The molecule has 0 saturated carbocycles. The van der Waals surface area contributed by atoms with Crippen LogP contribution < -0.4 is 16.0 Å². The Bertz CT molecular complexity index is 1710. The standard InChI is InChI=1S/C34H36N8O5/c35-32-31(33(44)39-28-21-36-11-10-29(28)40-16-18-46-19-17-40)38-27(22-37-32)26-8-6-24(7-9-26)20-30(43)41-12-14-42(15-13-41)34(45)47-23-25-4-2-1-3-5-25/h1-11,21-22H,12-20,23H2,(H2,35,37)(H,39,44). The molecule has 13 heteroatoms. The Balaban J connectivity index is 1.03. The fraction of sp³-hybridized carbons (Fsp3) is 0.294. The summed E-state index contributed by atoms with van der Waals surface area (Å²) in [5, 5.41) is 2.89. The quantitative estimate of drug-likeness (QED) is 0.294. The highest BCUT2D eigenvalue weighted by Gasteiger charge is 2.25. The van der Waals surface area contributed by atoms with Gasteiger partial charge in [0.25, 0.3) is 5.91 Å². The van der Waals surface area contributed by atoms with Crippen molar-refractivity contribution in [3.05, 3.63) is 96.1 Å². The summed E-state index contributed by atoms with van der Waals surface area (Å²) in [4.78, 5) is 57.2. The Morgan fingerprint density at radius 2 is 1.57 bits per heavy atom. The predicted molar refractivity (Wildman–Crippen MR) is 176 cm³/mol. The van der Waals surface area contributed by atoms with Gasteiger partial charge in [-0.15, -0.1) is 0 Å². The molecule has 2 saturated heterocycles. The molecule has 0 bridgehead atoms. The highest BCUT2D eigenvalue weighted by atomic mass is 16.6. The summed E-state index contributed by atoms with van der Waals surface area (Å²) in [5.74, 6) is -0.505. The third-order valence-electron chi connectivity index (χ3n) is 8.11. The number of ether oxygens (including phenoxy) is 2. The van der Waals surface area contributed by atoms with E-state index >= 15 is 0 Å². The SMILES string of the molecule is Nc1ncc(-c2ccc(CC(=O)N3CCN(C(=O)OCc4ccccc4)CC3)cc2)nc1C(=O)Nc1cnccc1N1CCOCC1. The van der Waals surface area contributed by atoms with Gasteiger partial charge in [0.05, 0.1) is 49.1 Å². The molecule has 2 aromatic carbocycles. The minimum atomic E-state index is -0.494. The van der Waals surface area contributed by atoms with Crippen molar-refractivity contribution in [2.24, 2.45) is 0 Å². The van der Waals surface area contributed by atoms with Crippen molar-refractivity contribution in [1.29, 1.82) is 0 Å². The van der Waals surface area contributed by atoms with Gasteiger partial charge >= 0.3 is 6.09 Å². The molecule has 0 unspecified atom stereocenters. The fourth-order valence-corrected chi connectivity index (χ4v) is 5.48. The van der Waals surface area contributed by atoms with Gasteiger partial charge in [-0.1, -0.05) is 54.6 Å². The van der Waals surface area contributed by atoms with Crippen LogP contribution in [-0.4, -0.2) is 95.1 Å². The van der Waals surface area contributed by atoms with Crippen LogP contribution in [0.5, 0.6) is 0 Å². The second-order valence-electron chi connectivity index (χ2n) is 11.2. The average Bonchev–Trinajstić information content (AvgIpc) is 3.12. The number of nitrogens with one attached hydrogen (secondary N) is 1. The number of rotatable bonds is 8. The number of amides is 3. The maximum atomic E-state index is 13.3. The number of morpholine rings is 1. The summed E-state index contributed by atoms with van der Waals surface area (Å²) in [5.41, 5.74) is 10.4. The number of hydrogen-bond acceptors (Lipinski definition) is 10. The van der Waals surface area contributed by atoms with Crippen LogP contribution in [-0.2, 0) is 27.3 Å². The molecule has 2 fully saturated rings. The monoisotopic (exact) mass is 636 g/mol. The van der Waals surface area contributed by atoms with Crippen molar-refractivity contribution in [1.82, 2.24) is 24.8 Å². The van der Waals surface area contributed by atoms with Gasteiger partial charge in [0, 0.05) is 51.0 Å². The maximum Gasteiger partial charge on any atom is 0.410 e. The van der Waals surface area contributed by atoms with Crippen LogP contribution in [0.3, 0.4) is 0 Å². The largest absolute Gasteiger partial charge is 0.445 e. The van der Waals surface area contributed by atoms with Gasteiger partial charge in [-0.2, -0.15) is 0 Å². The fourth-order valence-electron chi connectivity index (χ4n) is 5.48. The number of nitrogens with zero attached hydrogens (tertiary/aromatic N) is 6. The lowest BCUT2D eigenvalue weighted by Crippen LogP contribution is -2.51. The van der Waals surface area contributed by atoms with Crippen molar-refractivity contribution in [2.75, 3.05) is 68.4 Å². The first-order valence-electron chi connectivity index (χ1n) is 15.5. The molecule has 2 aliphatic rings. The van der Waals surface area contributed by atoms with Gasteiger partial charge in [-0.05, 0) is 17.2 Å². The Morgan fingerprint density at radius 3 is 2.32 bits per heavy atom. The van der Waals surface area contributed by atoms with Crippen LogP contribution in [0, 0.1) is 0 Å². The smallest absolute Gasteiger partial charge is 0.410 e. The molecule has 3 N–H and O–H groups in total. The Kier molecular flexibility index (Phi) is 9.82. The number of anilines is 3. The molecule has 4 heterocycles. The van der Waals surface area contributed by atoms with Gasteiger partial charge in [0.2, 0.25) is 5.91 Å². The summed E-state index contributed by atoms with van der Waals surface area (Å²) in [7, 11) is 0. The van der Waals surface area contributed by atoms with E-state index in [0.717, 1.165) is 22.4 Å². The molecule has 6 rings (SSSR count). The normalized spacial score (nSPS) is 14.9. The molecule has 0 aliphatic carbocycles. The number of hydrogen-bond donors (Lipinski definition) is 2. The van der Waals surface area contributed by atoms with E-state index in [1.807, 2.05) is 60.7 Å². The molecular weight excluding hydrogens is 600 g/mol. The van der Waals surface area contributed by atoms with Crippen molar-refractivity contribution in [3.8, 4) is 11.3 Å². The van der Waals surface area contributed by atoms with Crippen molar-refractivity contribution >= 4 is 35.1 Å². The summed E-state index contributed by atoms with van der Waals surface area (Å²) in [6.07, 6.45) is 4.63. The summed E-state index contributed by atoms with van der Waals surface area (Å²) < 4.78 is 10.9. The minimum Gasteiger partial charge on any atom is -0.445 e. The second kappa shape index (κ2) is 14.7. The van der Waals surface area contributed by atoms with Crippen molar-refractivity contribution in [3.63, 3.8) is 0 Å². The molecule has 2 aliphatic heterocycles. The third kappa shape index (κ3) is 7.82. The lowest BCUT2D eigenvalue weighted by Gasteiger charge is -2.34. The molecule has 47 heavy (non-hydrogen) atoms. The molecule has 13 nitrogen and oxygen atoms in total. The zero-order valence-corrected chi connectivity index (χ0v) is 25.9. The number of nitrogen functional groups attached to an aromatic ring is 1. The molecule has 2 aromatic heterocycles. The first kappa shape index (κ1) is 31.4. The number of aromatic nitrogens is 3. The molecule has 3 amide bonds. The van der Waals surface area contributed by atoms with Crippen LogP contribution in [0.25, 0.3) is 11.3 Å². The van der Waals surface area contributed by atoms with E-state index in [0.29, 0.717) is 63.9 Å². The minimum absolute atomic E-state index is 0.00150. The third-order valence-corrected chi connectivity index (χ3v) is 8.11. The number of carbonyl (C=O) groups excluding carboxylic acids is 3. The van der Waals surface area contributed by atoms with Crippen LogP contribution >= 0.6 is 0 Å². The zero-order valence-electron chi connectivity index (χ0n) is 25.9. The number of nitrogens with two attached hydrogens (primary N) is 1. The molecule has 0 radical (unpaired) electrons. The first-order chi connectivity index (χ1) is 22.9. The molecular formula is C34H36N8O5. The van der Waals surface area contributed by atoms with E-state index in [1.165, 1.54) is 6.20 Å². The number of benzene rings is 2. The Hall–Kier alpha value is -5.56. The van der Waals surface area contributed by atoms with Gasteiger partial charge < -0.3 is 35.2 Å². The van der Waals surface area contributed by atoms with Gasteiger partial charge in [0.1, 0.15) is 6.61 Å². The average molecular weight is 637 g/mol. The van der Waals surface area contributed by atoms with E-state index < -0.39 is 5.91 Å². The highest BCUT2D eigenvalue weighted by Crippen LogP contribution is 2.27. The van der Waals surface area contributed by atoms with Crippen molar-refractivity contribution < 1.29 is 23.9 Å². The van der Waals surface area contributed by atoms with Gasteiger partial charge in [0.15, 0.2) is 11.5 Å². The molecule has 4 aromatic rings. The first-order valence-corrected chi connectivity index (χ1v) is 15.5. The van der Waals surface area contributed by atoms with E-state index in [2.05, 4.69) is 25.2 Å². The topological polar surface area (TPSA) is 156 Å². The predicted octanol–water partition coefficient (Wildman–Crippen LogP) is 3.23. The van der Waals surface area contributed by atoms with E-state index in [-0.39, 0.29) is 36.5 Å². The van der Waals surface area contributed by atoms with E-state index in [4.69, 9.17) is 15.2 Å². The molecule has 242 valence electrons. The number of piperazine rings is 1. The summed E-state index contributed by atoms with van der Waals surface area (Å²) in [6, 6.07) is 18.8. The van der Waals surface area contributed by atoms with Gasteiger partial charge in [-0.25, -0.2) is 14.8 Å². The van der Waals surface area contributed by atoms with Crippen LogP contribution in [0.1, 0.15) is 21.6 Å². The van der Waals surface area contributed by atoms with Gasteiger partial charge in [-0.3, -0.25) is 14.6 Å². The Labute approximate surface area is 272 Å². The highest BCUT2D eigenvalue weighted by molar-refractivity contribution is 6.07. The molecule has 0 atom stereocenters. The van der Waals surface area contributed by atoms with Crippen LogP contribution in [0.4, 0.5) is 22.0 Å². The van der Waals surface area contributed by atoms with Crippen LogP contribution in [0.15, 0.2) is 79.3 Å². The Morgan fingerprint density at radius 1 is 0.851 bits per heavy atom. The van der Waals surface area contributed by atoms with E-state index in [1.54, 1.807) is 22.2 Å². The van der Waals surface area contributed by atoms with Crippen molar-refractivity contribution in [2.45, 2.75) is 13.0 Å². The number of carbonyl (C=O) groups is 3. The lowest BCUT2D eigenvalue weighted by molar-refractivity contribution is -0.132. The summed E-state index contributed by atoms with van der Waals surface area (Å²) >= 11 is 0. The number of pyridine rings is 1. The zero-order chi connectivity index (χ0) is 32.6.